The third kappa shape index (κ3) is 4.90. The van der Waals surface area contributed by atoms with Crippen LogP contribution in [0.5, 0.6) is 0 Å². The molecule has 2 rings (SSSR count). The maximum atomic E-state index is 12.3. The van der Waals surface area contributed by atoms with Crippen molar-refractivity contribution in [2.24, 2.45) is 16.5 Å². The van der Waals surface area contributed by atoms with Crippen LogP contribution in [0.15, 0.2) is 64.9 Å². The first-order valence-corrected chi connectivity index (χ1v) is 7.94. The molecule has 1 aromatic carbocycles. The fourth-order valence-corrected chi connectivity index (χ4v) is 2.28. The second kappa shape index (κ2) is 8.77. The van der Waals surface area contributed by atoms with Crippen LogP contribution in [-0.2, 0) is 9.53 Å². The molecule has 0 atom stereocenters. The number of aliphatic imine (C=N–C) groups is 1. The molecule has 0 aliphatic carbocycles. The highest BCUT2D eigenvalue weighted by Crippen LogP contribution is 2.16. The summed E-state index contributed by atoms with van der Waals surface area (Å²) in [7, 11) is 0. The van der Waals surface area contributed by atoms with Crippen molar-refractivity contribution in [1.82, 2.24) is 4.98 Å². The molecule has 0 radical (unpaired) electrons. The molecule has 0 unspecified atom stereocenters. The molecule has 0 saturated carbocycles. The number of amidine groups is 1. The number of ether oxygens (including phenoxy) is 1. The predicted molar refractivity (Wildman–Crippen MR) is 99.1 cm³/mol. The summed E-state index contributed by atoms with van der Waals surface area (Å²) < 4.78 is 5.03. The van der Waals surface area contributed by atoms with Crippen LogP contribution in [0.1, 0.15) is 17.3 Å². The van der Waals surface area contributed by atoms with Crippen molar-refractivity contribution in [3.05, 3.63) is 70.5 Å². The van der Waals surface area contributed by atoms with Gasteiger partial charge in [0.1, 0.15) is 11.4 Å². The molecular weight excluding hydrogens is 356 g/mol. The summed E-state index contributed by atoms with van der Waals surface area (Å²) in [6, 6.07) is 11.5. The van der Waals surface area contributed by atoms with Crippen molar-refractivity contribution in [2.45, 2.75) is 6.92 Å². The first-order valence-electron chi connectivity index (χ1n) is 7.57. The average molecular weight is 373 g/mol. The van der Waals surface area contributed by atoms with Crippen molar-refractivity contribution in [1.29, 1.82) is 0 Å². The Kier molecular flexibility index (Phi) is 6.46. The molecule has 0 aliphatic heterocycles. The molecule has 0 aliphatic rings. The first kappa shape index (κ1) is 19.1. The van der Waals surface area contributed by atoms with Crippen molar-refractivity contribution >= 4 is 35.0 Å². The zero-order valence-corrected chi connectivity index (χ0v) is 14.7. The zero-order valence-electron chi connectivity index (χ0n) is 14.0. The van der Waals surface area contributed by atoms with E-state index in [0.29, 0.717) is 5.82 Å². The van der Waals surface area contributed by atoms with Gasteiger partial charge >= 0.3 is 5.97 Å². The van der Waals surface area contributed by atoms with Crippen LogP contribution in [0.25, 0.3) is 0 Å². The van der Waals surface area contributed by atoms with E-state index in [2.05, 4.69) is 9.98 Å². The molecule has 0 saturated heterocycles. The van der Waals surface area contributed by atoms with Gasteiger partial charge in [0.2, 0.25) is 5.78 Å². The molecule has 0 spiro atoms. The van der Waals surface area contributed by atoms with Gasteiger partial charge in [-0.25, -0.2) is 14.8 Å². The van der Waals surface area contributed by atoms with Gasteiger partial charge in [-0.2, -0.15) is 0 Å². The topological polar surface area (TPSA) is 121 Å². The quantitative estimate of drug-likeness (QED) is 0.264. The fourth-order valence-electron chi connectivity index (χ4n) is 2.04. The summed E-state index contributed by atoms with van der Waals surface area (Å²) in [4.78, 5) is 32.5. The molecule has 0 bridgehead atoms. The van der Waals surface area contributed by atoms with E-state index in [-0.39, 0.29) is 27.7 Å². The molecule has 4 N–H and O–H groups in total. The second-order valence-corrected chi connectivity index (χ2v) is 5.63. The van der Waals surface area contributed by atoms with Gasteiger partial charge in [-0.3, -0.25) is 4.79 Å². The van der Waals surface area contributed by atoms with Gasteiger partial charge in [0.15, 0.2) is 12.4 Å². The molecule has 26 heavy (non-hydrogen) atoms. The predicted octanol–water partition coefficient (Wildman–Crippen LogP) is 2.38. The Morgan fingerprint density at radius 1 is 1.15 bits per heavy atom. The molecule has 1 heterocycles. The Morgan fingerprint density at radius 3 is 2.46 bits per heavy atom. The van der Waals surface area contributed by atoms with Crippen LogP contribution >= 0.6 is 11.6 Å². The Hall–Kier alpha value is -3.19. The highest BCUT2D eigenvalue weighted by Gasteiger charge is 2.20. The number of pyridine rings is 1. The lowest BCUT2D eigenvalue weighted by Crippen LogP contribution is -2.27. The number of carbonyl (C=O) groups excluding carboxylic acids is 2. The number of halogens is 1. The minimum absolute atomic E-state index is 0.109. The molecule has 1 aromatic heterocycles. The normalized spacial score (nSPS) is 12.3. The molecule has 8 heteroatoms. The average Bonchev–Trinajstić information content (AvgIpc) is 2.60. The van der Waals surface area contributed by atoms with Gasteiger partial charge in [-0.1, -0.05) is 29.8 Å². The number of Topliss-reactive ketones (excluding diaryl/α,β-unsaturated/α-hetero) is 1. The Bertz CT molecular complexity index is 875. The lowest BCUT2D eigenvalue weighted by Gasteiger charge is -2.10. The minimum atomic E-state index is -0.859. The first-order chi connectivity index (χ1) is 12.4. The SMILES string of the molecule is C/C(N)=C(C(=O)OCC(=O)c1ccccc1Cl)/C(N)=N/c1ccccn1. The molecule has 7 nitrogen and oxygen atoms in total. The number of nitrogens with zero attached hydrogens (tertiary/aromatic N) is 2. The van der Waals surface area contributed by atoms with Crippen LogP contribution in [0, 0.1) is 0 Å². The Morgan fingerprint density at radius 2 is 1.85 bits per heavy atom. The van der Waals surface area contributed by atoms with Gasteiger partial charge in [-0.05, 0) is 31.2 Å². The summed E-state index contributed by atoms with van der Waals surface area (Å²) in [5.41, 5.74) is 11.8. The zero-order chi connectivity index (χ0) is 19.1. The van der Waals surface area contributed by atoms with Gasteiger partial charge in [0.25, 0.3) is 0 Å². The molecular formula is C18H17ClN4O3. The van der Waals surface area contributed by atoms with Gasteiger partial charge in [-0.15, -0.1) is 0 Å². The number of hydrogen-bond donors (Lipinski definition) is 2. The number of rotatable bonds is 6. The smallest absolute Gasteiger partial charge is 0.344 e. The monoisotopic (exact) mass is 372 g/mol. The largest absolute Gasteiger partial charge is 0.454 e. The van der Waals surface area contributed by atoms with Crippen molar-refractivity contribution in [3.8, 4) is 0 Å². The highest BCUT2D eigenvalue weighted by atomic mass is 35.5. The van der Waals surface area contributed by atoms with Gasteiger partial charge in [0.05, 0.1) is 5.02 Å². The number of nitrogens with two attached hydrogens (primary N) is 2. The Balaban J connectivity index is 2.13. The van der Waals surface area contributed by atoms with E-state index < -0.39 is 18.4 Å². The van der Waals surface area contributed by atoms with Crippen molar-refractivity contribution < 1.29 is 14.3 Å². The van der Waals surface area contributed by atoms with Crippen LogP contribution in [0.2, 0.25) is 5.02 Å². The fraction of sp³-hybridized carbons (Fsp3) is 0.111. The van der Waals surface area contributed by atoms with E-state index in [1.807, 2.05) is 0 Å². The minimum Gasteiger partial charge on any atom is -0.454 e. The summed E-state index contributed by atoms with van der Waals surface area (Å²) in [6.07, 6.45) is 1.53. The summed E-state index contributed by atoms with van der Waals surface area (Å²) in [5, 5.41) is 0.274. The number of carbonyl (C=O) groups is 2. The third-order valence-corrected chi connectivity index (χ3v) is 3.58. The standard InChI is InChI=1S/C18H17ClN4O3/c1-11(20)16(17(21)23-15-8-4-5-9-22-15)18(25)26-10-14(24)12-6-2-3-7-13(12)19/h2-9H,10,20H2,1H3,(H2,21,22,23)/b16-11+. The number of benzene rings is 1. The number of allylic oxidation sites excluding steroid dienone is 1. The summed E-state index contributed by atoms with van der Waals surface area (Å²) in [6.45, 7) is 0.976. The van der Waals surface area contributed by atoms with E-state index in [1.165, 1.54) is 13.1 Å². The Labute approximate surface area is 155 Å². The molecule has 134 valence electrons. The van der Waals surface area contributed by atoms with E-state index in [1.54, 1.807) is 42.5 Å². The highest BCUT2D eigenvalue weighted by molar-refractivity contribution is 6.34. The maximum absolute atomic E-state index is 12.3. The maximum Gasteiger partial charge on any atom is 0.344 e. The third-order valence-electron chi connectivity index (χ3n) is 3.25. The number of ketones is 1. The molecule has 0 fully saturated rings. The second-order valence-electron chi connectivity index (χ2n) is 5.22. The van der Waals surface area contributed by atoms with E-state index in [4.69, 9.17) is 27.8 Å². The summed E-state index contributed by atoms with van der Waals surface area (Å²) in [5.74, 6) is -1.15. The lowest BCUT2D eigenvalue weighted by molar-refractivity contribution is -0.137. The van der Waals surface area contributed by atoms with E-state index in [9.17, 15) is 9.59 Å². The van der Waals surface area contributed by atoms with Crippen molar-refractivity contribution in [3.63, 3.8) is 0 Å². The van der Waals surface area contributed by atoms with Gasteiger partial charge < -0.3 is 16.2 Å². The van der Waals surface area contributed by atoms with Crippen molar-refractivity contribution in [2.75, 3.05) is 6.61 Å². The number of esters is 1. The summed E-state index contributed by atoms with van der Waals surface area (Å²) >= 11 is 5.95. The van der Waals surface area contributed by atoms with Crippen LogP contribution < -0.4 is 11.5 Å². The molecule has 2 aromatic rings. The van der Waals surface area contributed by atoms with E-state index in [0.717, 1.165) is 0 Å². The number of aromatic nitrogens is 1. The van der Waals surface area contributed by atoms with Crippen LogP contribution in [-0.4, -0.2) is 29.2 Å². The van der Waals surface area contributed by atoms with Gasteiger partial charge in [0, 0.05) is 17.5 Å². The van der Waals surface area contributed by atoms with Crippen LogP contribution in [0.4, 0.5) is 5.82 Å². The van der Waals surface area contributed by atoms with Crippen LogP contribution in [0.3, 0.4) is 0 Å². The molecule has 0 amide bonds. The van der Waals surface area contributed by atoms with E-state index >= 15 is 0 Å². The lowest BCUT2D eigenvalue weighted by atomic mass is 10.1. The number of hydrogen-bond acceptors (Lipinski definition) is 6.